The van der Waals surface area contributed by atoms with E-state index in [2.05, 4.69) is 10.9 Å². The summed E-state index contributed by atoms with van der Waals surface area (Å²) in [6.07, 6.45) is 0.794. The zero-order valence-corrected chi connectivity index (χ0v) is 7.30. The molecule has 0 radical (unpaired) electrons. The highest BCUT2D eigenvalue weighted by molar-refractivity contribution is 5.63. The maximum atomic E-state index is 9.94. The van der Waals surface area contributed by atoms with Crippen molar-refractivity contribution in [3.05, 3.63) is 0 Å². The quantitative estimate of drug-likeness (QED) is 0.392. The van der Waals surface area contributed by atoms with Gasteiger partial charge in [0.1, 0.15) is 0 Å². The van der Waals surface area contributed by atoms with Gasteiger partial charge >= 0.3 is 6.09 Å². The average molecular weight is 176 g/mol. The van der Waals surface area contributed by atoms with Gasteiger partial charge in [0.2, 0.25) is 0 Å². The lowest BCUT2D eigenvalue weighted by atomic mass is 10.3. The Kier molecular flexibility index (Phi) is 7.73. The van der Waals surface area contributed by atoms with Gasteiger partial charge < -0.3 is 9.84 Å². The molecule has 3 N–H and O–H groups in total. The molecule has 0 fully saturated rings. The van der Waals surface area contributed by atoms with E-state index in [0.29, 0.717) is 6.54 Å². The predicted octanol–water partition coefficient (Wildman–Crippen LogP) is 0.575. The molecular formula is C7H16N2O3. The number of ether oxygens (including phenoxy) is 1. The Bertz CT molecular complexity index is 119. The minimum Gasteiger partial charge on any atom is -0.464 e. The molecule has 0 aromatic heterocycles. The molecule has 12 heavy (non-hydrogen) atoms. The van der Waals surface area contributed by atoms with Crippen molar-refractivity contribution >= 4 is 6.09 Å². The first-order valence-corrected chi connectivity index (χ1v) is 4.07. The summed E-state index contributed by atoms with van der Waals surface area (Å²) in [5.74, 6) is 0. The summed E-state index contributed by atoms with van der Waals surface area (Å²) in [6, 6.07) is 0. The zero-order chi connectivity index (χ0) is 9.23. The van der Waals surface area contributed by atoms with Crippen molar-refractivity contribution in [2.75, 3.05) is 19.8 Å². The monoisotopic (exact) mass is 176 g/mol. The molecule has 0 bridgehead atoms. The van der Waals surface area contributed by atoms with E-state index in [-0.39, 0.29) is 0 Å². The Balaban J connectivity index is 2.86. The molecule has 0 aromatic rings. The van der Waals surface area contributed by atoms with Crippen molar-refractivity contribution in [3.8, 4) is 0 Å². The largest absolute Gasteiger partial charge is 0.464 e. The molecule has 0 aliphatic heterocycles. The summed E-state index contributed by atoms with van der Waals surface area (Å²) in [5, 5.41) is 8.16. The van der Waals surface area contributed by atoms with Crippen molar-refractivity contribution in [3.63, 3.8) is 0 Å². The number of rotatable bonds is 7. The van der Waals surface area contributed by atoms with E-state index < -0.39 is 6.09 Å². The van der Waals surface area contributed by atoms with Crippen LogP contribution in [-0.4, -0.2) is 31.0 Å². The van der Waals surface area contributed by atoms with Crippen molar-refractivity contribution < 1.29 is 14.6 Å². The van der Waals surface area contributed by atoms with Crippen LogP contribution in [0.15, 0.2) is 0 Å². The van der Waals surface area contributed by atoms with E-state index in [4.69, 9.17) is 9.84 Å². The molecule has 5 heteroatoms. The van der Waals surface area contributed by atoms with Gasteiger partial charge in [0.25, 0.3) is 0 Å². The lowest BCUT2D eigenvalue weighted by molar-refractivity contribution is 0.143. The summed E-state index contributed by atoms with van der Waals surface area (Å²) in [6.45, 7) is 4.07. The second-order valence-electron chi connectivity index (χ2n) is 2.26. The van der Waals surface area contributed by atoms with Crippen LogP contribution in [0.5, 0.6) is 0 Å². The third kappa shape index (κ3) is 9.19. The molecule has 0 atom stereocenters. The zero-order valence-electron chi connectivity index (χ0n) is 7.30. The van der Waals surface area contributed by atoms with Crippen molar-refractivity contribution in [2.45, 2.75) is 19.8 Å². The highest BCUT2D eigenvalue weighted by atomic mass is 16.5. The molecular weight excluding hydrogens is 160 g/mol. The number of carbonyl (C=O) groups is 1. The second-order valence-corrected chi connectivity index (χ2v) is 2.26. The van der Waals surface area contributed by atoms with Crippen LogP contribution in [-0.2, 0) is 4.74 Å². The minimum absolute atomic E-state index is 0.638. The Labute approximate surface area is 72.1 Å². The number of unbranched alkanes of at least 4 members (excludes halogenated alkanes) is 1. The van der Waals surface area contributed by atoms with Crippen LogP contribution >= 0.6 is 0 Å². The third-order valence-electron chi connectivity index (χ3n) is 1.24. The first-order valence-electron chi connectivity index (χ1n) is 4.07. The summed E-state index contributed by atoms with van der Waals surface area (Å²) < 4.78 is 5.10. The smallest absolute Gasteiger partial charge is 0.419 e. The highest BCUT2D eigenvalue weighted by Gasteiger charge is 1.91. The Morgan fingerprint density at radius 2 is 2.25 bits per heavy atom. The van der Waals surface area contributed by atoms with Gasteiger partial charge in [-0.1, -0.05) is 0 Å². The second kappa shape index (κ2) is 8.29. The standard InChI is InChI=1S/C7H16N2O3/c1-2-12-6-4-3-5-8-9-7(10)11/h8-9H,2-6H2,1H3,(H,10,11). The summed E-state index contributed by atoms with van der Waals surface area (Å²) >= 11 is 0. The van der Waals surface area contributed by atoms with Gasteiger partial charge in [0, 0.05) is 19.8 Å². The van der Waals surface area contributed by atoms with Gasteiger partial charge in [0.15, 0.2) is 0 Å². The van der Waals surface area contributed by atoms with E-state index in [1.54, 1.807) is 0 Å². The third-order valence-corrected chi connectivity index (χ3v) is 1.24. The minimum atomic E-state index is -1.06. The molecule has 0 aliphatic carbocycles. The number of nitrogens with one attached hydrogen (secondary N) is 2. The van der Waals surface area contributed by atoms with Crippen LogP contribution in [0.3, 0.4) is 0 Å². The van der Waals surface area contributed by atoms with E-state index in [1.165, 1.54) is 0 Å². The first-order chi connectivity index (χ1) is 5.77. The topological polar surface area (TPSA) is 70.6 Å². The number of carboxylic acid groups (broad SMARTS) is 1. The summed E-state index contributed by atoms with van der Waals surface area (Å²) in [4.78, 5) is 9.94. The molecule has 0 spiro atoms. The van der Waals surface area contributed by atoms with Crippen LogP contribution in [0, 0.1) is 0 Å². The van der Waals surface area contributed by atoms with Crippen molar-refractivity contribution in [1.29, 1.82) is 0 Å². The molecule has 0 aliphatic rings. The molecule has 1 amide bonds. The fourth-order valence-corrected chi connectivity index (χ4v) is 0.700. The van der Waals surface area contributed by atoms with Gasteiger partial charge in [-0.05, 0) is 19.8 Å². The number of hydrogen-bond acceptors (Lipinski definition) is 3. The fraction of sp³-hybridized carbons (Fsp3) is 0.857. The SMILES string of the molecule is CCOCCCCNNC(=O)O. The van der Waals surface area contributed by atoms with Crippen molar-refractivity contribution in [2.24, 2.45) is 0 Å². The van der Waals surface area contributed by atoms with E-state index in [1.807, 2.05) is 6.92 Å². The van der Waals surface area contributed by atoms with Crippen LogP contribution in [0.1, 0.15) is 19.8 Å². The van der Waals surface area contributed by atoms with Crippen LogP contribution in [0.2, 0.25) is 0 Å². The molecule has 72 valence electrons. The predicted molar refractivity (Wildman–Crippen MR) is 44.9 cm³/mol. The molecule has 0 saturated carbocycles. The van der Waals surface area contributed by atoms with E-state index >= 15 is 0 Å². The summed E-state index contributed by atoms with van der Waals surface area (Å²) in [5.41, 5.74) is 4.62. The first kappa shape index (κ1) is 11.2. The normalized spacial score (nSPS) is 9.75. The maximum absolute atomic E-state index is 9.94. The van der Waals surface area contributed by atoms with Crippen molar-refractivity contribution in [1.82, 2.24) is 10.9 Å². The molecule has 0 saturated heterocycles. The van der Waals surface area contributed by atoms with Gasteiger partial charge in [-0.2, -0.15) is 0 Å². The molecule has 0 aromatic carbocycles. The molecule has 0 unspecified atom stereocenters. The van der Waals surface area contributed by atoms with Crippen LogP contribution in [0.25, 0.3) is 0 Å². The fourth-order valence-electron chi connectivity index (χ4n) is 0.700. The molecule has 0 heterocycles. The lowest BCUT2D eigenvalue weighted by Crippen LogP contribution is -2.36. The Hall–Kier alpha value is -0.810. The van der Waals surface area contributed by atoms with Gasteiger partial charge in [-0.3, -0.25) is 5.43 Å². The Morgan fingerprint density at radius 3 is 2.83 bits per heavy atom. The summed E-state index contributed by atoms with van der Waals surface area (Å²) in [7, 11) is 0. The van der Waals surface area contributed by atoms with Gasteiger partial charge in [0.05, 0.1) is 0 Å². The molecule has 5 nitrogen and oxygen atoms in total. The number of hydrogen-bond donors (Lipinski definition) is 3. The number of hydrazine groups is 1. The Morgan fingerprint density at radius 1 is 1.50 bits per heavy atom. The van der Waals surface area contributed by atoms with Crippen LogP contribution in [0.4, 0.5) is 4.79 Å². The highest BCUT2D eigenvalue weighted by Crippen LogP contribution is 1.87. The maximum Gasteiger partial charge on any atom is 0.419 e. The van der Waals surface area contributed by atoms with E-state index in [0.717, 1.165) is 26.1 Å². The van der Waals surface area contributed by atoms with Gasteiger partial charge in [-0.15, -0.1) is 0 Å². The lowest BCUT2D eigenvalue weighted by Gasteiger charge is -2.03. The average Bonchev–Trinajstić information content (AvgIpc) is 2.02. The molecule has 0 rings (SSSR count). The van der Waals surface area contributed by atoms with Gasteiger partial charge in [-0.25, -0.2) is 10.2 Å². The van der Waals surface area contributed by atoms with E-state index in [9.17, 15) is 4.79 Å². The number of amides is 1. The van der Waals surface area contributed by atoms with Crippen LogP contribution < -0.4 is 10.9 Å².